The van der Waals surface area contributed by atoms with Crippen LogP contribution in [0.2, 0.25) is 0 Å². The average Bonchev–Trinajstić information content (AvgIpc) is 2.73. The number of aliphatic carboxylic acids is 1. The number of ether oxygens (including phenoxy) is 1. The molecule has 0 saturated carbocycles. The van der Waals surface area contributed by atoms with Crippen LogP contribution in [0.4, 0.5) is 0 Å². The molecular formula is C22H33N3O5. The Balaban J connectivity index is 1.70. The van der Waals surface area contributed by atoms with Crippen molar-refractivity contribution < 1.29 is 24.2 Å². The SMILES string of the molecule is CCOc1ccc(C(=O)NC(CCCCNC(=O)C2CCN(C)CC2)C(=O)O)cc1. The van der Waals surface area contributed by atoms with Gasteiger partial charge in [-0.25, -0.2) is 4.79 Å². The van der Waals surface area contributed by atoms with Crippen LogP contribution in [0.5, 0.6) is 5.75 Å². The summed E-state index contributed by atoms with van der Waals surface area (Å²) < 4.78 is 5.34. The molecule has 166 valence electrons. The van der Waals surface area contributed by atoms with Gasteiger partial charge in [0, 0.05) is 18.0 Å². The van der Waals surface area contributed by atoms with Gasteiger partial charge in [-0.05, 0) is 83.4 Å². The summed E-state index contributed by atoms with van der Waals surface area (Å²) in [6.45, 7) is 4.80. The third-order valence-corrected chi connectivity index (χ3v) is 5.34. The molecule has 1 heterocycles. The standard InChI is InChI=1S/C22H33N3O5/c1-3-30-18-9-7-16(8-10-18)21(27)24-19(22(28)29)6-4-5-13-23-20(26)17-11-14-25(2)15-12-17/h7-10,17,19H,3-6,11-15H2,1-2H3,(H,23,26)(H,24,27)(H,28,29). The molecule has 1 atom stereocenters. The van der Waals surface area contributed by atoms with E-state index in [2.05, 4.69) is 22.6 Å². The van der Waals surface area contributed by atoms with Crippen LogP contribution in [0.15, 0.2) is 24.3 Å². The maximum atomic E-state index is 12.3. The molecule has 8 heteroatoms. The summed E-state index contributed by atoms with van der Waals surface area (Å²) in [7, 11) is 2.06. The number of nitrogens with zero attached hydrogens (tertiary/aromatic N) is 1. The zero-order valence-electron chi connectivity index (χ0n) is 17.9. The van der Waals surface area contributed by atoms with Crippen LogP contribution in [0.1, 0.15) is 49.4 Å². The molecule has 0 aromatic heterocycles. The van der Waals surface area contributed by atoms with E-state index in [0.29, 0.717) is 43.7 Å². The number of likely N-dealkylation sites (tertiary alicyclic amines) is 1. The molecule has 1 unspecified atom stereocenters. The minimum Gasteiger partial charge on any atom is -0.494 e. The third kappa shape index (κ3) is 7.67. The molecule has 1 aromatic rings. The molecule has 1 fully saturated rings. The van der Waals surface area contributed by atoms with E-state index in [9.17, 15) is 19.5 Å². The quantitative estimate of drug-likeness (QED) is 0.473. The fourth-order valence-electron chi connectivity index (χ4n) is 3.47. The maximum absolute atomic E-state index is 12.3. The number of carboxylic acid groups (broad SMARTS) is 1. The summed E-state index contributed by atoms with van der Waals surface area (Å²) in [6.07, 6.45) is 3.32. The third-order valence-electron chi connectivity index (χ3n) is 5.34. The molecular weight excluding hydrogens is 386 g/mol. The van der Waals surface area contributed by atoms with Crippen LogP contribution < -0.4 is 15.4 Å². The lowest BCUT2D eigenvalue weighted by molar-refractivity contribution is -0.139. The number of amides is 2. The summed E-state index contributed by atoms with van der Waals surface area (Å²) in [6, 6.07) is 5.62. The number of hydrogen-bond acceptors (Lipinski definition) is 5. The molecule has 1 aliphatic heterocycles. The van der Waals surface area contributed by atoms with Gasteiger partial charge in [-0.2, -0.15) is 0 Å². The number of hydrogen-bond donors (Lipinski definition) is 3. The van der Waals surface area contributed by atoms with Crippen molar-refractivity contribution in [1.82, 2.24) is 15.5 Å². The summed E-state index contributed by atoms with van der Waals surface area (Å²) in [4.78, 5) is 38.2. The van der Waals surface area contributed by atoms with E-state index in [1.54, 1.807) is 24.3 Å². The number of piperidine rings is 1. The van der Waals surface area contributed by atoms with Crippen LogP contribution in [0, 0.1) is 5.92 Å². The van der Waals surface area contributed by atoms with Crippen LogP contribution in [-0.4, -0.2) is 67.1 Å². The largest absolute Gasteiger partial charge is 0.494 e. The lowest BCUT2D eigenvalue weighted by Crippen LogP contribution is -2.41. The molecule has 1 aliphatic rings. The summed E-state index contributed by atoms with van der Waals surface area (Å²) >= 11 is 0. The zero-order valence-corrected chi connectivity index (χ0v) is 17.9. The van der Waals surface area contributed by atoms with E-state index in [4.69, 9.17) is 4.74 Å². The molecule has 2 rings (SSSR count). The molecule has 0 aliphatic carbocycles. The highest BCUT2D eigenvalue weighted by atomic mass is 16.5. The molecule has 1 aromatic carbocycles. The number of nitrogens with one attached hydrogen (secondary N) is 2. The second-order valence-corrected chi connectivity index (χ2v) is 7.69. The molecule has 1 saturated heterocycles. The van der Waals surface area contributed by atoms with Crippen molar-refractivity contribution in [3.8, 4) is 5.75 Å². The Labute approximate surface area is 178 Å². The first kappa shape index (κ1) is 23.7. The van der Waals surface area contributed by atoms with E-state index in [1.165, 1.54) is 0 Å². The fraction of sp³-hybridized carbons (Fsp3) is 0.591. The number of rotatable bonds is 11. The van der Waals surface area contributed by atoms with Gasteiger partial charge in [0.25, 0.3) is 5.91 Å². The van der Waals surface area contributed by atoms with Gasteiger partial charge in [0.05, 0.1) is 6.61 Å². The highest BCUT2D eigenvalue weighted by Gasteiger charge is 2.23. The van der Waals surface area contributed by atoms with Gasteiger partial charge in [-0.3, -0.25) is 9.59 Å². The van der Waals surface area contributed by atoms with Crippen molar-refractivity contribution in [3.05, 3.63) is 29.8 Å². The van der Waals surface area contributed by atoms with Gasteiger partial charge >= 0.3 is 5.97 Å². The molecule has 30 heavy (non-hydrogen) atoms. The molecule has 0 bridgehead atoms. The van der Waals surface area contributed by atoms with Gasteiger partial charge in [0.15, 0.2) is 0 Å². The molecule has 2 amide bonds. The lowest BCUT2D eigenvalue weighted by Gasteiger charge is -2.28. The van der Waals surface area contributed by atoms with Gasteiger partial charge in [0.1, 0.15) is 11.8 Å². The number of unbranched alkanes of at least 4 members (excludes halogenated alkanes) is 1. The van der Waals surface area contributed by atoms with Crippen LogP contribution in [-0.2, 0) is 9.59 Å². The van der Waals surface area contributed by atoms with Crippen molar-refractivity contribution >= 4 is 17.8 Å². The fourth-order valence-corrected chi connectivity index (χ4v) is 3.47. The van der Waals surface area contributed by atoms with Crippen molar-refractivity contribution in [2.24, 2.45) is 5.92 Å². The highest BCUT2D eigenvalue weighted by Crippen LogP contribution is 2.16. The number of carbonyl (C=O) groups excluding carboxylic acids is 2. The van der Waals surface area contributed by atoms with Crippen molar-refractivity contribution in [3.63, 3.8) is 0 Å². The van der Waals surface area contributed by atoms with Gasteiger partial charge in [-0.15, -0.1) is 0 Å². The first-order valence-electron chi connectivity index (χ1n) is 10.6. The maximum Gasteiger partial charge on any atom is 0.326 e. The minimum absolute atomic E-state index is 0.0707. The Bertz CT molecular complexity index is 699. The van der Waals surface area contributed by atoms with E-state index in [-0.39, 0.29) is 11.8 Å². The Morgan fingerprint density at radius 1 is 1.17 bits per heavy atom. The highest BCUT2D eigenvalue weighted by molar-refractivity contribution is 5.96. The second kappa shape index (κ2) is 12.2. The second-order valence-electron chi connectivity index (χ2n) is 7.69. The Morgan fingerprint density at radius 3 is 2.43 bits per heavy atom. The van der Waals surface area contributed by atoms with Crippen molar-refractivity contribution in [2.45, 2.75) is 45.1 Å². The molecule has 8 nitrogen and oxygen atoms in total. The Kier molecular flexibility index (Phi) is 9.60. The molecule has 3 N–H and O–H groups in total. The average molecular weight is 420 g/mol. The van der Waals surface area contributed by atoms with E-state index in [1.807, 2.05) is 6.92 Å². The van der Waals surface area contributed by atoms with Crippen LogP contribution in [0.3, 0.4) is 0 Å². The van der Waals surface area contributed by atoms with Gasteiger partial charge in [-0.1, -0.05) is 0 Å². The number of benzene rings is 1. The van der Waals surface area contributed by atoms with Crippen molar-refractivity contribution in [1.29, 1.82) is 0 Å². The van der Waals surface area contributed by atoms with Crippen molar-refractivity contribution in [2.75, 3.05) is 33.3 Å². The number of carbonyl (C=O) groups is 3. The Morgan fingerprint density at radius 2 is 1.83 bits per heavy atom. The molecule has 0 spiro atoms. The first-order valence-corrected chi connectivity index (χ1v) is 10.6. The van der Waals surface area contributed by atoms with E-state index in [0.717, 1.165) is 25.9 Å². The lowest BCUT2D eigenvalue weighted by atomic mass is 9.96. The summed E-state index contributed by atoms with van der Waals surface area (Å²) in [5.41, 5.74) is 0.384. The van der Waals surface area contributed by atoms with Crippen LogP contribution in [0.25, 0.3) is 0 Å². The predicted molar refractivity (Wildman–Crippen MR) is 114 cm³/mol. The predicted octanol–water partition coefficient (Wildman–Crippen LogP) is 1.90. The zero-order chi connectivity index (χ0) is 21.9. The summed E-state index contributed by atoms with van der Waals surface area (Å²) in [5, 5.41) is 14.9. The number of carboxylic acids is 1. The minimum atomic E-state index is -1.07. The van der Waals surface area contributed by atoms with E-state index < -0.39 is 17.9 Å². The smallest absolute Gasteiger partial charge is 0.326 e. The monoisotopic (exact) mass is 419 g/mol. The normalized spacial score (nSPS) is 15.9. The molecule has 0 radical (unpaired) electrons. The van der Waals surface area contributed by atoms with Gasteiger partial charge < -0.3 is 25.4 Å². The van der Waals surface area contributed by atoms with Gasteiger partial charge in [0.2, 0.25) is 5.91 Å². The topological polar surface area (TPSA) is 108 Å². The first-order chi connectivity index (χ1) is 14.4. The Hall–Kier alpha value is -2.61. The van der Waals surface area contributed by atoms with Crippen LogP contribution >= 0.6 is 0 Å². The van der Waals surface area contributed by atoms with E-state index >= 15 is 0 Å². The summed E-state index contributed by atoms with van der Waals surface area (Å²) in [5.74, 6) is -0.681.